The maximum Gasteiger partial charge on any atom is 0.337 e. The minimum atomic E-state index is -0.476. The van der Waals surface area contributed by atoms with E-state index in [-0.39, 0.29) is 12.5 Å². The second-order valence-electron chi connectivity index (χ2n) is 4.77. The van der Waals surface area contributed by atoms with Crippen LogP contribution < -0.4 is 10.5 Å². The molecule has 1 aromatic rings. The molecular formula is C14H18N2O4. The average Bonchev–Trinajstić information content (AvgIpc) is 3.29. The highest BCUT2D eigenvalue weighted by Crippen LogP contribution is 2.26. The van der Waals surface area contributed by atoms with Gasteiger partial charge in [0.15, 0.2) is 6.61 Å². The van der Waals surface area contributed by atoms with Gasteiger partial charge in [-0.25, -0.2) is 4.79 Å². The molecule has 1 amide bonds. The number of carbonyl (C=O) groups excluding carboxylic acids is 2. The van der Waals surface area contributed by atoms with Crippen LogP contribution in [0.2, 0.25) is 0 Å². The Hall–Kier alpha value is -2.24. The van der Waals surface area contributed by atoms with Gasteiger partial charge in [0, 0.05) is 13.1 Å². The summed E-state index contributed by atoms with van der Waals surface area (Å²) in [5, 5.41) is 0. The van der Waals surface area contributed by atoms with Crippen LogP contribution in [0.1, 0.15) is 23.2 Å². The van der Waals surface area contributed by atoms with Crippen molar-refractivity contribution in [2.75, 3.05) is 26.5 Å². The smallest absolute Gasteiger partial charge is 0.337 e. The molecule has 0 bridgehead atoms. The topological polar surface area (TPSA) is 81.9 Å². The highest BCUT2D eigenvalue weighted by atomic mass is 16.5. The zero-order chi connectivity index (χ0) is 14.7. The first-order chi connectivity index (χ1) is 9.52. The fraction of sp³-hybridized carbons (Fsp3) is 0.429. The summed E-state index contributed by atoms with van der Waals surface area (Å²) in [4.78, 5) is 25.0. The summed E-state index contributed by atoms with van der Waals surface area (Å²) in [5.41, 5.74) is 6.47. The van der Waals surface area contributed by atoms with E-state index in [0.717, 1.165) is 12.8 Å². The zero-order valence-electron chi connectivity index (χ0n) is 11.6. The second kappa shape index (κ2) is 5.81. The molecule has 0 aromatic heterocycles. The Labute approximate surface area is 117 Å². The van der Waals surface area contributed by atoms with Crippen molar-refractivity contribution < 1.29 is 19.1 Å². The zero-order valence-corrected chi connectivity index (χ0v) is 11.6. The Morgan fingerprint density at radius 1 is 1.40 bits per heavy atom. The number of anilines is 1. The third-order valence-corrected chi connectivity index (χ3v) is 3.27. The molecule has 0 spiro atoms. The van der Waals surface area contributed by atoms with E-state index in [0.29, 0.717) is 23.0 Å². The van der Waals surface area contributed by atoms with Gasteiger partial charge in [-0.1, -0.05) is 0 Å². The number of methoxy groups -OCH3 is 1. The molecule has 6 nitrogen and oxygen atoms in total. The highest BCUT2D eigenvalue weighted by Gasteiger charge is 2.29. The maximum atomic E-state index is 11.9. The predicted octanol–water partition coefficient (Wildman–Crippen LogP) is 1.05. The quantitative estimate of drug-likeness (QED) is 0.643. The van der Waals surface area contributed by atoms with Gasteiger partial charge >= 0.3 is 5.97 Å². The van der Waals surface area contributed by atoms with Crippen LogP contribution in [0.4, 0.5) is 5.69 Å². The molecule has 20 heavy (non-hydrogen) atoms. The Kier molecular flexibility index (Phi) is 4.12. The standard InChI is InChI=1S/C14H18N2O4/c1-16(10-4-5-10)13(17)8-20-12-7-9(14(18)19-2)3-6-11(12)15/h3,6-7,10H,4-5,8,15H2,1-2H3. The van der Waals surface area contributed by atoms with E-state index in [4.69, 9.17) is 10.5 Å². The molecule has 1 aliphatic carbocycles. The van der Waals surface area contributed by atoms with Crippen molar-refractivity contribution in [3.05, 3.63) is 23.8 Å². The number of nitrogens with two attached hydrogens (primary N) is 1. The highest BCUT2D eigenvalue weighted by molar-refractivity contribution is 5.90. The number of nitrogens with zero attached hydrogens (tertiary/aromatic N) is 1. The molecule has 108 valence electrons. The SMILES string of the molecule is COC(=O)c1ccc(N)c(OCC(=O)N(C)C2CC2)c1. The number of rotatable bonds is 5. The van der Waals surface area contributed by atoms with Crippen molar-refractivity contribution in [1.29, 1.82) is 0 Å². The number of carbonyl (C=O) groups is 2. The summed E-state index contributed by atoms with van der Waals surface area (Å²) in [7, 11) is 3.06. The lowest BCUT2D eigenvalue weighted by Gasteiger charge is -2.17. The number of nitrogen functional groups attached to an aromatic ring is 1. The number of hydrogen-bond donors (Lipinski definition) is 1. The van der Waals surface area contributed by atoms with Gasteiger partial charge in [-0.15, -0.1) is 0 Å². The van der Waals surface area contributed by atoms with E-state index in [1.807, 2.05) is 0 Å². The lowest BCUT2D eigenvalue weighted by molar-refractivity contribution is -0.132. The van der Waals surface area contributed by atoms with Gasteiger partial charge in [0.05, 0.1) is 18.4 Å². The molecule has 0 saturated heterocycles. The van der Waals surface area contributed by atoms with Crippen molar-refractivity contribution in [2.24, 2.45) is 0 Å². The fourth-order valence-electron chi connectivity index (χ4n) is 1.81. The van der Waals surface area contributed by atoms with Crippen molar-refractivity contribution in [1.82, 2.24) is 4.90 Å². The Bertz CT molecular complexity index is 526. The first kappa shape index (κ1) is 14.2. The maximum absolute atomic E-state index is 11.9. The molecule has 6 heteroatoms. The normalized spacial score (nSPS) is 13.7. The summed E-state index contributed by atoms with van der Waals surface area (Å²) in [6, 6.07) is 4.92. The van der Waals surface area contributed by atoms with Crippen LogP contribution in [0.25, 0.3) is 0 Å². The fourth-order valence-corrected chi connectivity index (χ4v) is 1.81. The molecular weight excluding hydrogens is 260 g/mol. The lowest BCUT2D eigenvalue weighted by atomic mass is 10.2. The number of ether oxygens (including phenoxy) is 2. The number of benzene rings is 1. The molecule has 0 radical (unpaired) electrons. The van der Waals surface area contributed by atoms with Gasteiger partial charge in [-0.2, -0.15) is 0 Å². The van der Waals surface area contributed by atoms with Gasteiger partial charge in [0.25, 0.3) is 5.91 Å². The summed E-state index contributed by atoms with van der Waals surface area (Å²) >= 11 is 0. The molecule has 1 fully saturated rings. The van der Waals surface area contributed by atoms with Gasteiger partial charge in [-0.05, 0) is 31.0 Å². The molecule has 0 aliphatic heterocycles. The molecule has 0 unspecified atom stereocenters. The van der Waals surface area contributed by atoms with E-state index >= 15 is 0 Å². The van der Waals surface area contributed by atoms with Crippen LogP contribution in [0.15, 0.2) is 18.2 Å². The van der Waals surface area contributed by atoms with Gasteiger partial charge in [0.2, 0.25) is 0 Å². The second-order valence-corrected chi connectivity index (χ2v) is 4.77. The summed E-state index contributed by atoms with van der Waals surface area (Å²) < 4.78 is 10.0. The predicted molar refractivity (Wildman–Crippen MR) is 73.5 cm³/mol. The van der Waals surface area contributed by atoms with E-state index in [2.05, 4.69) is 4.74 Å². The van der Waals surface area contributed by atoms with E-state index in [9.17, 15) is 9.59 Å². The molecule has 1 saturated carbocycles. The van der Waals surface area contributed by atoms with Crippen LogP contribution >= 0.6 is 0 Å². The Morgan fingerprint density at radius 3 is 2.70 bits per heavy atom. The summed E-state index contributed by atoms with van der Waals surface area (Å²) in [6.07, 6.45) is 2.09. The van der Waals surface area contributed by atoms with Crippen molar-refractivity contribution in [3.8, 4) is 5.75 Å². The first-order valence-corrected chi connectivity index (χ1v) is 6.39. The van der Waals surface area contributed by atoms with Crippen LogP contribution in [0, 0.1) is 0 Å². The van der Waals surface area contributed by atoms with Gasteiger partial charge < -0.3 is 20.1 Å². The molecule has 1 aromatic carbocycles. The van der Waals surface area contributed by atoms with Crippen molar-refractivity contribution in [3.63, 3.8) is 0 Å². The summed E-state index contributed by atoms with van der Waals surface area (Å²) in [5.74, 6) is -0.267. The molecule has 2 N–H and O–H groups in total. The number of esters is 1. The Balaban J connectivity index is 2.01. The van der Waals surface area contributed by atoms with Crippen LogP contribution in [-0.4, -0.2) is 43.6 Å². The van der Waals surface area contributed by atoms with Crippen molar-refractivity contribution >= 4 is 17.6 Å². The van der Waals surface area contributed by atoms with Crippen LogP contribution in [0.5, 0.6) is 5.75 Å². The number of likely N-dealkylation sites (N-methyl/N-ethyl adjacent to an activating group) is 1. The van der Waals surface area contributed by atoms with E-state index in [1.54, 1.807) is 24.1 Å². The van der Waals surface area contributed by atoms with Crippen LogP contribution in [0.3, 0.4) is 0 Å². The van der Waals surface area contributed by atoms with Gasteiger partial charge in [-0.3, -0.25) is 4.79 Å². The lowest BCUT2D eigenvalue weighted by Crippen LogP contribution is -2.33. The average molecular weight is 278 g/mol. The molecule has 0 atom stereocenters. The largest absolute Gasteiger partial charge is 0.482 e. The minimum Gasteiger partial charge on any atom is -0.482 e. The number of hydrogen-bond acceptors (Lipinski definition) is 5. The van der Waals surface area contributed by atoms with Gasteiger partial charge in [0.1, 0.15) is 5.75 Å². The van der Waals surface area contributed by atoms with Crippen molar-refractivity contribution in [2.45, 2.75) is 18.9 Å². The third-order valence-electron chi connectivity index (χ3n) is 3.27. The first-order valence-electron chi connectivity index (χ1n) is 6.39. The molecule has 1 aliphatic rings. The minimum absolute atomic E-state index is 0.0954. The Morgan fingerprint density at radius 2 is 2.10 bits per heavy atom. The molecule has 2 rings (SSSR count). The third kappa shape index (κ3) is 3.20. The molecule has 0 heterocycles. The number of amides is 1. The van der Waals surface area contributed by atoms with E-state index in [1.165, 1.54) is 13.2 Å². The monoisotopic (exact) mass is 278 g/mol. The van der Waals surface area contributed by atoms with Crippen LogP contribution in [-0.2, 0) is 9.53 Å². The van der Waals surface area contributed by atoms with E-state index < -0.39 is 5.97 Å². The summed E-state index contributed by atoms with van der Waals surface area (Å²) in [6.45, 7) is -0.0954.